The van der Waals surface area contributed by atoms with E-state index in [2.05, 4.69) is 0 Å². The van der Waals surface area contributed by atoms with E-state index in [-0.39, 0.29) is 5.91 Å². The Morgan fingerprint density at radius 2 is 1.65 bits per heavy atom. The van der Waals surface area contributed by atoms with E-state index in [0.29, 0.717) is 21.6 Å². The number of benzene rings is 3. The number of carbonyl (C=O) groups excluding carboxylic acids is 1. The minimum Gasteiger partial charge on any atom is -0.337 e. The van der Waals surface area contributed by atoms with Crippen LogP contribution in [0.15, 0.2) is 98.7 Å². The maximum absolute atomic E-state index is 13.6. The minimum absolute atomic E-state index is 0.0308. The number of fused-ring (bicyclic) bond motifs is 1. The van der Waals surface area contributed by atoms with Gasteiger partial charge < -0.3 is 4.90 Å². The van der Waals surface area contributed by atoms with Crippen molar-refractivity contribution in [3.8, 4) is 0 Å². The van der Waals surface area contributed by atoms with Crippen LogP contribution in [0.1, 0.15) is 5.56 Å². The topological polar surface area (TPSA) is 35.9 Å². The van der Waals surface area contributed by atoms with Gasteiger partial charge in [0.05, 0.1) is 22.9 Å². The summed E-state index contributed by atoms with van der Waals surface area (Å²) in [4.78, 5) is 23.9. The van der Waals surface area contributed by atoms with Crippen molar-refractivity contribution < 1.29 is 4.79 Å². The number of anilines is 1. The Labute approximate surface area is 194 Å². The molecule has 0 atom stereocenters. The fourth-order valence-corrected chi connectivity index (χ4v) is 5.95. The number of hydrogen-bond acceptors (Lipinski definition) is 5. The van der Waals surface area contributed by atoms with Crippen LogP contribution in [0.3, 0.4) is 0 Å². The Balaban J connectivity index is 1.55. The monoisotopic (exact) mass is 463 g/mol. The fourth-order valence-electron chi connectivity index (χ4n) is 3.46. The minimum atomic E-state index is -0.0308. The van der Waals surface area contributed by atoms with E-state index in [9.17, 15) is 4.79 Å². The second-order valence-electron chi connectivity index (χ2n) is 7.12. The summed E-state index contributed by atoms with van der Waals surface area (Å²) in [5.41, 5.74) is 2.90. The molecule has 31 heavy (non-hydrogen) atoms. The highest BCUT2D eigenvalue weighted by molar-refractivity contribution is 8.19. The molecule has 1 fully saturated rings. The smallest absolute Gasteiger partial charge is 0.269 e. The van der Waals surface area contributed by atoms with Crippen LogP contribution in [0.2, 0.25) is 5.02 Å². The second-order valence-corrected chi connectivity index (χ2v) is 9.56. The molecule has 0 spiro atoms. The van der Waals surface area contributed by atoms with Gasteiger partial charge in [-0.15, -0.1) is 0 Å². The first-order valence-electron chi connectivity index (χ1n) is 9.73. The zero-order valence-electron chi connectivity index (χ0n) is 16.7. The van der Waals surface area contributed by atoms with Crippen LogP contribution in [0, 0.1) is 0 Å². The number of halogens is 1. The highest BCUT2D eigenvalue weighted by Crippen LogP contribution is 2.50. The standard InChI is InChI=1S/C24H18ClN3OS2/c1-27-19-14-17(25)12-13-20(19)30-23(27)21-22(29)28(15-16-8-4-2-5-9-16)24(31-21)26-18-10-6-3-7-11-18/h2-14H,15H2,1H3. The summed E-state index contributed by atoms with van der Waals surface area (Å²) in [6.07, 6.45) is 0. The van der Waals surface area contributed by atoms with Crippen molar-refractivity contribution >= 4 is 57.6 Å². The zero-order valence-corrected chi connectivity index (χ0v) is 19.0. The van der Waals surface area contributed by atoms with Gasteiger partial charge in [-0.25, -0.2) is 4.99 Å². The molecule has 2 aliphatic heterocycles. The van der Waals surface area contributed by atoms with Crippen molar-refractivity contribution in [1.29, 1.82) is 0 Å². The number of rotatable bonds is 3. The predicted octanol–water partition coefficient (Wildman–Crippen LogP) is 6.51. The first-order valence-corrected chi connectivity index (χ1v) is 11.7. The molecule has 3 aromatic rings. The highest BCUT2D eigenvalue weighted by atomic mass is 35.5. The average molecular weight is 464 g/mol. The van der Waals surface area contributed by atoms with Crippen LogP contribution in [0.5, 0.6) is 0 Å². The first-order chi connectivity index (χ1) is 15.1. The van der Waals surface area contributed by atoms with E-state index in [0.717, 1.165) is 26.9 Å². The number of nitrogens with zero attached hydrogens (tertiary/aromatic N) is 3. The van der Waals surface area contributed by atoms with Crippen LogP contribution in [-0.2, 0) is 11.3 Å². The molecule has 2 aliphatic rings. The second kappa shape index (κ2) is 8.46. The molecule has 0 saturated carbocycles. The van der Waals surface area contributed by atoms with E-state index in [1.165, 1.54) is 11.8 Å². The summed E-state index contributed by atoms with van der Waals surface area (Å²) in [5, 5.41) is 2.27. The number of amides is 1. The molecular formula is C24H18ClN3OS2. The van der Waals surface area contributed by atoms with Crippen LogP contribution < -0.4 is 4.90 Å². The van der Waals surface area contributed by atoms with E-state index in [1.54, 1.807) is 16.7 Å². The van der Waals surface area contributed by atoms with Crippen LogP contribution >= 0.6 is 35.1 Å². The molecule has 154 valence electrons. The van der Waals surface area contributed by atoms with Gasteiger partial charge >= 0.3 is 0 Å². The van der Waals surface area contributed by atoms with Crippen LogP contribution in [-0.4, -0.2) is 23.0 Å². The largest absolute Gasteiger partial charge is 0.337 e. The molecule has 0 aliphatic carbocycles. The molecule has 0 unspecified atom stereocenters. The van der Waals surface area contributed by atoms with E-state index < -0.39 is 0 Å². The van der Waals surface area contributed by atoms with Crippen LogP contribution in [0.4, 0.5) is 11.4 Å². The lowest BCUT2D eigenvalue weighted by Crippen LogP contribution is -2.29. The van der Waals surface area contributed by atoms with Crippen molar-refractivity contribution in [3.05, 3.63) is 99.4 Å². The quantitative estimate of drug-likeness (QED) is 0.414. The molecule has 5 rings (SSSR count). The van der Waals surface area contributed by atoms with Crippen molar-refractivity contribution in [1.82, 2.24) is 4.90 Å². The number of hydrogen-bond donors (Lipinski definition) is 0. The third-order valence-electron chi connectivity index (χ3n) is 5.02. The lowest BCUT2D eigenvalue weighted by atomic mass is 10.2. The highest BCUT2D eigenvalue weighted by Gasteiger charge is 2.39. The van der Waals surface area contributed by atoms with Gasteiger partial charge in [-0.2, -0.15) is 0 Å². The molecule has 1 amide bonds. The van der Waals surface area contributed by atoms with Gasteiger partial charge in [0.25, 0.3) is 5.91 Å². The Morgan fingerprint density at radius 1 is 0.935 bits per heavy atom. The molecule has 7 heteroatoms. The van der Waals surface area contributed by atoms with Crippen LogP contribution in [0.25, 0.3) is 0 Å². The Bertz CT molecular complexity index is 1210. The Hall–Kier alpha value is -2.67. The predicted molar refractivity (Wildman–Crippen MR) is 131 cm³/mol. The molecule has 1 saturated heterocycles. The van der Waals surface area contributed by atoms with Crippen molar-refractivity contribution in [2.45, 2.75) is 11.4 Å². The maximum atomic E-state index is 13.6. The van der Waals surface area contributed by atoms with Gasteiger partial charge in [-0.1, -0.05) is 71.9 Å². The fraction of sp³-hybridized carbons (Fsp3) is 0.0833. The SMILES string of the molecule is CN1C(=C2SC(=Nc3ccccc3)N(Cc3ccccc3)C2=O)Sc2ccc(Cl)cc21. The van der Waals surface area contributed by atoms with E-state index >= 15 is 0 Å². The third kappa shape index (κ3) is 3.99. The third-order valence-corrected chi connectivity index (χ3v) is 7.68. The van der Waals surface area contributed by atoms with E-state index in [4.69, 9.17) is 16.6 Å². The van der Waals surface area contributed by atoms with Crippen molar-refractivity contribution in [3.63, 3.8) is 0 Å². The first kappa shape index (κ1) is 20.2. The summed E-state index contributed by atoms with van der Waals surface area (Å²) in [7, 11) is 1.97. The zero-order chi connectivity index (χ0) is 21.4. The van der Waals surface area contributed by atoms with Gasteiger partial charge in [0.2, 0.25) is 0 Å². The Kier molecular flexibility index (Phi) is 5.52. The summed E-state index contributed by atoms with van der Waals surface area (Å²) < 4.78 is 0. The normalized spacial score (nSPS) is 19.4. The molecule has 2 heterocycles. The molecule has 0 bridgehead atoms. The molecule has 0 radical (unpaired) electrons. The molecule has 0 N–H and O–H groups in total. The molecule has 0 aromatic heterocycles. The summed E-state index contributed by atoms with van der Waals surface area (Å²) in [6.45, 7) is 0.474. The van der Waals surface area contributed by atoms with Gasteiger partial charge in [0, 0.05) is 17.0 Å². The van der Waals surface area contributed by atoms with E-state index in [1.807, 2.05) is 90.8 Å². The van der Waals surface area contributed by atoms with Gasteiger partial charge in [-0.05, 0) is 47.7 Å². The maximum Gasteiger partial charge on any atom is 0.269 e. The molecular weight excluding hydrogens is 446 g/mol. The lowest BCUT2D eigenvalue weighted by Gasteiger charge is -2.17. The van der Waals surface area contributed by atoms with Gasteiger partial charge in [0.15, 0.2) is 5.17 Å². The summed E-state index contributed by atoms with van der Waals surface area (Å²) in [5.74, 6) is -0.0308. The summed E-state index contributed by atoms with van der Waals surface area (Å²) in [6, 6.07) is 25.5. The molecule has 4 nitrogen and oxygen atoms in total. The number of para-hydroxylation sites is 1. The number of aliphatic imine (C=N–C) groups is 1. The number of thioether (sulfide) groups is 2. The summed E-state index contributed by atoms with van der Waals surface area (Å²) >= 11 is 9.22. The van der Waals surface area contributed by atoms with Crippen molar-refractivity contribution in [2.24, 2.45) is 4.99 Å². The van der Waals surface area contributed by atoms with Gasteiger partial charge in [-0.3, -0.25) is 9.69 Å². The Morgan fingerprint density at radius 3 is 2.39 bits per heavy atom. The lowest BCUT2D eigenvalue weighted by molar-refractivity contribution is -0.122. The van der Waals surface area contributed by atoms with Crippen molar-refractivity contribution in [2.75, 3.05) is 11.9 Å². The van der Waals surface area contributed by atoms with Gasteiger partial charge in [0.1, 0.15) is 4.91 Å². The number of carbonyl (C=O) groups is 1. The number of amidine groups is 1. The average Bonchev–Trinajstić information content (AvgIpc) is 3.26. The molecule has 3 aromatic carbocycles.